The molecule has 3 aliphatic rings. The van der Waals surface area contributed by atoms with E-state index in [-0.39, 0.29) is 12.3 Å². The summed E-state index contributed by atoms with van der Waals surface area (Å²) in [5, 5.41) is 0. The Hall–Kier alpha value is -1.06. The highest BCUT2D eigenvalue weighted by molar-refractivity contribution is 5.93. The van der Waals surface area contributed by atoms with Crippen molar-refractivity contribution >= 4 is 5.71 Å². The zero-order valence-corrected chi connectivity index (χ0v) is 9.43. The van der Waals surface area contributed by atoms with E-state index in [2.05, 4.69) is 4.99 Å². The number of alkyl halides is 3. The molecule has 1 fully saturated rings. The zero-order chi connectivity index (χ0) is 12.0. The van der Waals surface area contributed by atoms with Crippen LogP contribution in [0.3, 0.4) is 0 Å². The van der Waals surface area contributed by atoms with Crippen molar-refractivity contribution in [3.05, 3.63) is 23.4 Å². The van der Waals surface area contributed by atoms with Gasteiger partial charge in [0.25, 0.3) is 0 Å². The molecule has 0 spiro atoms. The third-order valence-corrected chi connectivity index (χ3v) is 3.94. The van der Waals surface area contributed by atoms with Gasteiger partial charge in [-0.05, 0) is 37.3 Å². The Balaban J connectivity index is 1.85. The maximum Gasteiger partial charge on any atom is 0.395 e. The molecule has 0 bridgehead atoms. The third kappa shape index (κ3) is 1.83. The molecule has 0 aromatic carbocycles. The van der Waals surface area contributed by atoms with E-state index in [4.69, 9.17) is 0 Å². The number of nitrogens with zero attached hydrogens (tertiary/aromatic N) is 1. The lowest BCUT2D eigenvalue weighted by molar-refractivity contribution is -0.161. The van der Waals surface area contributed by atoms with E-state index >= 15 is 0 Å². The van der Waals surface area contributed by atoms with Crippen LogP contribution in [0.5, 0.6) is 0 Å². The number of fused-ring (bicyclic) bond motifs is 2. The van der Waals surface area contributed by atoms with E-state index in [1.807, 2.05) is 0 Å². The molecule has 0 amide bonds. The molecule has 0 saturated heterocycles. The SMILES string of the molecule is FC(F)(F)C1C=CC2=C(C1)C1CCCCC1=N2. The summed E-state index contributed by atoms with van der Waals surface area (Å²) < 4.78 is 38.1. The van der Waals surface area contributed by atoms with Crippen LogP contribution in [0.2, 0.25) is 0 Å². The Labute approximate surface area is 98.1 Å². The van der Waals surface area contributed by atoms with E-state index < -0.39 is 12.1 Å². The molecular weight excluding hydrogens is 227 g/mol. The summed E-state index contributed by atoms with van der Waals surface area (Å²) in [5.41, 5.74) is 2.87. The van der Waals surface area contributed by atoms with Crippen LogP contribution >= 0.6 is 0 Å². The summed E-state index contributed by atoms with van der Waals surface area (Å²) in [7, 11) is 0. The van der Waals surface area contributed by atoms with Gasteiger partial charge in [-0.1, -0.05) is 12.5 Å². The molecule has 0 aromatic rings. The van der Waals surface area contributed by atoms with Crippen LogP contribution in [0.25, 0.3) is 0 Å². The minimum Gasteiger partial charge on any atom is -0.257 e. The third-order valence-electron chi connectivity index (χ3n) is 3.94. The lowest BCUT2D eigenvalue weighted by Gasteiger charge is -2.26. The summed E-state index contributed by atoms with van der Waals surface area (Å²) >= 11 is 0. The fourth-order valence-electron chi connectivity index (χ4n) is 3.04. The topological polar surface area (TPSA) is 12.4 Å². The van der Waals surface area contributed by atoms with Crippen LogP contribution in [0.4, 0.5) is 13.2 Å². The van der Waals surface area contributed by atoms with Gasteiger partial charge in [0.05, 0.1) is 11.6 Å². The van der Waals surface area contributed by atoms with Gasteiger partial charge in [-0.25, -0.2) is 0 Å². The first kappa shape index (κ1) is 11.1. The first-order chi connectivity index (χ1) is 8.05. The lowest BCUT2D eigenvalue weighted by Crippen LogP contribution is -2.26. The Morgan fingerprint density at radius 2 is 2.06 bits per heavy atom. The minimum absolute atomic E-state index is 0.118. The molecule has 1 heterocycles. The normalized spacial score (nSPS) is 32.3. The Morgan fingerprint density at radius 1 is 1.24 bits per heavy atom. The van der Waals surface area contributed by atoms with Gasteiger partial charge in [0.15, 0.2) is 0 Å². The predicted octanol–water partition coefficient (Wildman–Crippen LogP) is 4.02. The largest absolute Gasteiger partial charge is 0.395 e. The van der Waals surface area contributed by atoms with Crippen LogP contribution in [0.15, 0.2) is 28.4 Å². The number of allylic oxidation sites excluding steroid dienone is 3. The van der Waals surface area contributed by atoms with Gasteiger partial charge < -0.3 is 0 Å². The quantitative estimate of drug-likeness (QED) is 0.607. The molecular formula is C13H14F3N. The number of hydrogen-bond donors (Lipinski definition) is 0. The highest BCUT2D eigenvalue weighted by Crippen LogP contribution is 2.44. The number of rotatable bonds is 0. The van der Waals surface area contributed by atoms with Crippen LogP contribution in [0.1, 0.15) is 32.1 Å². The molecule has 92 valence electrons. The average molecular weight is 241 g/mol. The first-order valence-electron chi connectivity index (χ1n) is 6.11. The van der Waals surface area contributed by atoms with E-state index in [1.165, 1.54) is 6.08 Å². The molecule has 0 radical (unpaired) electrons. The van der Waals surface area contributed by atoms with Crippen molar-refractivity contribution < 1.29 is 13.2 Å². The Kier molecular flexibility index (Phi) is 2.42. The molecule has 2 aliphatic carbocycles. The molecule has 2 atom stereocenters. The van der Waals surface area contributed by atoms with Gasteiger partial charge in [0, 0.05) is 11.6 Å². The average Bonchev–Trinajstić information content (AvgIpc) is 2.65. The molecule has 3 rings (SSSR count). The number of hydrogen-bond acceptors (Lipinski definition) is 1. The smallest absolute Gasteiger partial charge is 0.257 e. The minimum atomic E-state index is -4.12. The maximum atomic E-state index is 12.7. The number of halogens is 3. The fourth-order valence-corrected chi connectivity index (χ4v) is 3.04. The molecule has 1 nitrogen and oxygen atoms in total. The molecule has 4 heteroatoms. The van der Waals surface area contributed by atoms with Crippen LogP contribution in [0, 0.1) is 11.8 Å². The van der Waals surface area contributed by atoms with Crippen molar-refractivity contribution in [3.63, 3.8) is 0 Å². The van der Waals surface area contributed by atoms with Gasteiger partial charge >= 0.3 is 6.18 Å². The second kappa shape index (κ2) is 3.72. The summed E-state index contributed by atoms with van der Waals surface area (Å²) in [6.07, 6.45) is 3.02. The molecule has 2 unspecified atom stereocenters. The van der Waals surface area contributed by atoms with E-state index in [0.717, 1.165) is 42.7 Å². The van der Waals surface area contributed by atoms with Gasteiger partial charge in [0.1, 0.15) is 0 Å². The van der Waals surface area contributed by atoms with Crippen molar-refractivity contribution in [2.75, 3.05) is 0 Å². The van der Waals surface area contributed by atoms with Gasteiger partial charge in [-0.2, -0.15) is 13.2 Å². The monoisotopic (exact) mass is 241 g/mol. The van der Waals surface area contributed by atoms with Crippen LogP contribution < -0.4 is 0 Å². The summed E-state index contributed by atoms with van der Waals surface area (Å²) in [5.74, 6) is -1.09. The second-order valence-electron chi connectivity index (χ2n) is 5.02. The standard InChI is InChI=1S/C13H14F3N/c14-13(15,16)8-5-6-12-10(7-8)9-3-1-2-4-11(9)17-12/h5-6,8-9H,1-4,7H2. The first-order valence-corrected chi connectivity index (χ1v) is 6.11. The van der Waals surface area contributed by atoms with E-state index in [9.17, 15) is 13.2 Å². The summed E-state index contributed by atoms with van der Waals surface area (Å²) in [6, 6.07) is 0. The molecule has 0 aromatic heterocycles. The van der Waals surface area contributed by atoms with Gasteiger partial charge in [-0.15, -0.1) is 0 Å². The summed E-state index contributed by atoms with van der Waals surface area (Å²) in [4.78, 5) is 4.49. The van der Waals surface area contributed by atoms with Crippen molar-refractivity contribution in [1.29, 1.82) is 0 Å². The van der Waals surface area contributed by atoms with Crippen molar-refractivity contribution in [2.45, 2.75) is 38.3 Å². The van der Waals surface area contributed by atoms with E-state index in [1.54, 1.807) is 6.08 Å². The highest BCUT2D eigenvalue weighted by atomic mass is 19.4. The van der Waals surface area contributed by atoms with Crippen molar-refractivity contribution in [1.82, 2.24) is 0 Å². The Bertz CT molecular complexity index is 428. The van der Waals surface area contributed by atoms with Gasteiger partial charge in [0.2, 0.25) is 0 Å². The predicted molar refractivity (Wildman–Crippen MR) is 59.7 cm³/mol. The van der Waals surface area contributed by atoms with E-state index in [0.29, 0.717) is 0 Å². The van der Waals surface area contributed by atoms with Crippen LogP contribution in [-0.4, -0.2) is 11.9 Å². The zero-order valence-electron chi connectivity index (χ0n) is 9.43. The molecule has 17 heavy (non-hydrogen) atoms. The second-order valence-corrected chi connectivity index (χ2v) is 5.02. The van der Waals surface area contributed by atoms with Crippen molar-refractivity contribution in [3.8, 4) is 0 Å². The number of aliphatic imine (C=N–C) groups is 1. The molecule has 1 aliphatic heterocycles. The fraction of sp³-hybridized carbons (Fsp3) is 0.615. The van der Waals surface area contributed by atoms with Crippen molar-refractivity contribution in [2.24, 2.45) is 16.8 Å². The highest BCUT2D eigenvalue weighted by Gasteiger charge is 2.43. The maximum absolute atomic E-state index is 12.7. The molecule has 1 saturated carbocycles. The Morgan fingerprint density at radius 3 is 2.82 bits per heavy atom. The van der Waals surface area contributed by atoms with Gasteiger partial charge in [-0.3, -0.25) is 4.99 Å². The summed E-state index contributed by atoms with van der Waals surface area (Å²) in [6.45, 7) is 0. The lowest BCUT2D eigenvalue weighted by atomic mass is 9.78. The van der Waals surface area contributed by atoms with Crippen LogP contribution in [-0.2, 0) is 0 Å². The molecule has 0 N–H and O–H groups in total.